The lowest BCUT2D eigenvalue weighted by molar-refractivity contribution is 0.633. The molecule has 1 saturated heterocycles. The van der Waals surface area contributed by atoms with Gasteiger partial charge in [-0.15, -0.1) is 0 Å². The molecule has 1 aliphatic heterocycles. The van der Waals surface area contributed by atoms with Gasteiger partial charge in [0.1, 0.15) is 11.0 Å². The van der Waals surface area contributed by atoms with Crippen LogP contribution in [-0.4, -0.2) is 33.3 Å². The summed E-state index contributed by atoms with van der Waals surface area (Å²) in [7, 11) is 0. The van der Waals surface area contributed by atoms with Crippen LogP contribution in [0, 0.1) is 0 Å². The minimum atomic E-state index is 0.330. The SMILES string of the molecule is CSc1nc(Cl)cc(NCC2(C)CCCS2)n1. The third-order valence-electron chi connectivity index (χ3n) is 2.80. The molecule has 2 rings (SSSR count). The van der Waals surface area contributed by atoms with Gasteiger partial charge >= 0.3 is 0 Å². The summed E-state index contributed by atoms with van der Waals surface area (Å²) in [6, 6.07) is 1.78. The standard InChI is InChI=1S/C11H16ClN3S2/c1-11(4-3-5-17-11)7-13-9-6-8(12)14-10(15-9)16-2/h6H,3-5,7H2,1-2H3,(H,13,14,15). The average Bonchev–Trinajstić information content (AvgIpc) is 2.73. The predicted octanol–water partition coefficient (Wildman–Crippen LogP) is 3.55. The summed E-state index contributed by atoms with van der Waals surface area (Å²) in [4.78, 5) is 8.51. The molecule has 1 N–H and O–H groups in total. The number of aromatic nitrogens is 2. The fraction of sp³-hybridized carbons (Fsp3) is 0.636. The fourth-order valence-electron chi connectivity index (χ4n) is 1.83. The van der Waals surface area contributed by atoms with E-state index in [1.54, 1.807) is 6.07 Å². The molecule has 0 amide bonds. The summed E-state index contributed by atoms with van der Waals surface area (Å²) in [6.45, 7) is 3.23. The molecule has 94 valence electrons. The molecular formula is C11H16ClN3S2. The zero-order chi connectivity index (χ0) is 12.3. The van der Waals surface area contributed by atoms with E-state index < -0.39 is 0 Å². The second kappa shape index (κ2) is 5.67. The van der Waals surface area contributed by atoms with E-state index in [0.717, 1.165) is 12.4 Å². The van der Waals surface area contributed by atoms with Crippen molar-refractivity contribution in [3.05, 3.63) is 11.2 Å². The second-order valence-corrected chi connectivity index (χ2v) is 7.16. The van der Waals surface area contributed by atoms with E-state index >= 15 is 0 Å². The van der Waals surface area contributed by atoms with Crippen molar-refractivity contribution in [2.75, 3.05) is 23.9 Å². The van der Waals surface area contributed by atoms with Crippen LogP contribution in [0.25, 0.3) is 0 Å². The zero-order valence-electron chi connectivity index (χ0n) is 9.99. The number of halogens is 1. The van der Waals surface area contributed by atoms with Gasteiger partial charge in [0.2, 0.25) is 0 Å². The summed E-state index contributed by atoms with van der Waals surface area (Å²) >= 11 is 9.49. The summed E-state index contributed by atoms with van der Waals surface area (Å²) in [5, 5.41) is 4.58. The van der Waals surface area contributed by atoms with E-state index in [-0.39, 0.29) is 0 Å². The average molecular weight is 290 g/mol. The largest absolute Gasteiger partial charge is 0.369 e. The van der Waals surface area contributed by atoms with Gasteiger partial charge in [-0.1, -0.05) is 23.4 Å². The highest BCUT2D eigenvalue weighted by molar-refractivity contribution is 8.00. The van der Waals surface area contributed by atoms with Crippen molar-refractivity contribution < 1.29 is 0 Å². The molecule has 0 radical (unpaired) electrons. The molecule has 0 aromatic carbocycles. The van der Waals surface area contributed by atoms with Crippen molar-refractivity contribution in [2.45, 2.75) is 29.7 Å². The molecule has 1 unspecified atom stereocenters. The molecule has 1 aromatic rings. The Bertz CT molecular complexity index is 394. The molecule has 6 heteroatoms. The molecule has 3 nitrogen and oxygen atoms in total. The Balaban J connectivity index is 2.00. The number of nitrogens with one attached hydrogen (secondary N) is 1. The summed E-state index contributed by atoms with van der Waals surface area (Å²) in [6.07, 6.45) is 4.52. The monoisotopic (exact) mass is 289 g/mol. The Kier molecular flexibility index (Phi) is 4.44. The van der Waals surface area contributed by atoms with Crippen molar-refractivity contribution in [1.29, 1.82) is 0 Å². The maximum absolute atomic E-state index is 5.95. The summed E-state index contributed by atoms with van der Waals surface area (Å²) in [5.74, 6) is 2.08. The molecule has 0 spiro atoms. The lowest BCUT2D eigenvalue weighted by Crippen LogP contribution is -2.27. The molecule has 2 heterocycles. The first-order valence-corrected chi connectivity index (χ1v) is 8.16. The third kappa shape index (κ3) is 3.66. The molecule has 0 bridgehead atoms. The lowest BCUT2D eigenvalue weighted by atomic mass is 10.1. The summed E-state index contributed by atoms with van der Waals surface area (Å²) < 4.78 is 0.330. The van der Waals surface area contributed by atoms with E-state index in [4.69, 9.17) is 11.6 Å². The third-order valence-corrected chi connectivity index (χ3v) is 5.08. The summed E-state index contributed by atoms with van der Waals surface area (Å²) in [5.41, 5.74) is 0. The lowest BCUT2D eigenvalue weighted by Gasteiger charge is -2.23. The van der Waals surface area contributed by atoms with E-state index in [0.29, 0.717) is 15.1 Å². The Morgan fingerprint density at radius 2 is 2.41 bits per heavy atom. The van der Waals surface area contributed by atoms with Crippen LogP contribution in [0.15, 0.2) is 11.2 Å². The molecule has 1 aromatic heterocycles. The van der Waals surface area contributed by atoms with Crippen LogP contribution in [0.1, 0.15) is 19.8 Å². The van der Waals surface area contributed by atoms with Gasteiger partial charge in [-0.2, -0.15) is 11.8 Å². The van der Waals surface area contributed by atoms with Crippen molar-refractivity contribution in [1.82, 2.24) is 9.97 Å². The fourth-order valence-corrected chi connectivity index (χ4v) is 3.69. The molecule has 1 fully saturated rings. The van der Waals surface area contributed by atoms with Crippen molar-refractivity contribution in [3.63, 3.8) is 0 Å². The number of anilines is 1. The Hall–Kier alpha value is -0.130. The topological polar surface area (TPSA) is 37.8 Å². The van der Waals surface area contributed by atoms with Gasteiger partial charge in [-0.05, 0) is 31.8 Å². The van der Waals surface area contributed by atoms with Gasteiger partial charge in [0, 0.05) is 17.4 Å². The van der Waals surface area contributed by atoms with Gasteiger partial charge in [0.15, 0.2) is 5.16 Å². The number of nitrogens with zero attached hydrogens (tertiary/aromatic N) is 2. The van der Waals surface area contributed by atoms with Gasteiger partial charge in [-0.25, -0.2) is 9.97 Å². The van der Waals surface area contributed by atoms with Gasteiger partial charge < -0.3 is 5.32 Å². The molecule has 1 atom stereocenters. The second-order valence-electron chi connectivity index (χ2n) is 4.32. The van der Waals surface area contributed by atoms with Crippen LogP contribution >= 0.6 is 35.1 Å². The number of rotatable bonds is 4. The normalized spacial score (nSPS) is 23.9. The highest BCUT2D eigenvalue weighted by atomic mass is 35.5. The van der Waals surface area contributed by atoms with Crippen LogP contribution in [0.5, 0.6) is 0 Å². The Labute approximate surface area is 116 Å². The smallest absolute Gasteiger partial charge is 0.190 e. The van der Waals surface area contributed by atoms with Crippen LogP contribution in [0.3, 0.4) is 0 Å². The van der Waals surface area contributed by atoms with E-state index in [1.807, 2.05) is 18.0 Å². The van der Waals surface area contributed by atoms with E-state index in [2.05, 4.69) is 22.2 Å². The maximum atomic E-state index is 5.95. The Morgan fingerprint density at radius 3 is 3.06 bits per heavy atom. The van der Waals surface area contributed by atoms with Gasteiger partial charge in [0.25, 0.3) is 0 Å². The molecule has 17 heavy (non-hydrogen) atoms. The van der Waals surface area contributed by atoms with Gasteiger partial charge in [-0.3, -0.25) is 0 Å². The Morgan fingerprint density at radius 1 is 1.59 bits per heavy atom. The first-order chi connectivity index (χ1) is 8.11. The van der Waals surface area contributed by atoms with Gasteiger partial charge in [0.05, 0.1) is 0 Å². The van der Waals surface area contributed by atoms with Crippen LogP contribution < -0.4 is 5.32 Å². The van der Waals surface area contributed by atoms with Crippen LogP contribution in [-0.2, 0) is 0 Å². The predicted molar refractivity (Wildman–Crippen MR) is 77.4 cm³/mol. The molecular weight excluding hydrogens is 274 g/mol. The van der Waals surface area contributed by atoms with Crippen molar-refractivity contribution >= 4 is 40.9 Å². The van der Waals surface area contributed by atoms with Crippen LogP contribution in [0.2, 0.25) is 5.15 Å². The molecule has 0 aliphatic carbocycles. The highest BCUT2D eigenvalue weighted by Crippen LogP contribution is 2.37. The van der Waals surface area contributed by atoms with E-state index in [1.165, 1.54) is 30.4 Å². The van der Waals surface area contributed by atoms with E-state index in [9.17, 15) is 0 Å². The highest BCUT2D eigenvalue weighted by Gasteiger charge is 2.29. The molecule has 0 saturated carbocycles. The number of hydrogen-bond acceptors (Lipinski definition) is 5. The number of thioether (sulfide) groups is 2. The first-order valence-electron chi connectivity index (χ1n) is 5.58. The zero-order valence-corrected chi connectivity index (χ0v) is 12.4. The minimum Gasteiger partial charge on any atom is -0.369 e. The number of hydrogen-bond donors (Lipinski definition) is 1. The first kappa shape index (κ1) is 13.3. The minimum absolute atomic E-state index is 0.330. The maximum Gasteiger partial charge on any atom is 0.190 e. The van der Waals surface area contributed by atoms with Crippen molar-refractivity contribution in [3.8, 4) is 0 Å². The quantitative estimate of drug-likeness (QED) is 0.521. The van der Waals surface area contributed by atoms with Crippen molar-refractivity contribution in [2.24, 2.45) is 0 Å². The molecule has 1 aliphatic rings. The van der Waals surface area contributed by atoms with Crippen LogP contribution in [0.4, 0.5) is 5.82 Å².